The zero-order chi connectivity index (χ0) is 12.4. The fourth-order valence-electron chi connectivity index (χ4n) is 2.79. The second-order valence-electron chi connectivity index (χ2n) is 5.00. The number of rotatable bonds is 2. The van der Waals surface area contributed by atoms with Crippen molar-refractivity contribution in [3.8, 4) is 0 Å². The maximum atomic E-state index is 13.8. The minimum absolute atomic E-state index is 0.0625. The van der Waals surface area contributed by atoms with Gasteiger partial charge in [-0.05, 0) is 43.1 Å². The van der Waals surface area contributed by atoms with Crippen LogP contribution in [0, 0.1) is 5.82 Å². The number of nitrogens with one attached hydrogen (secondary N) is 1. The van der Waals surface area contributed by atoms with E-state index in [1.807, 2.05) is 6.07 Å². The zero-order valence-corrected chi connectivity index (χ0v) is 11.2. The van der Waals surface area contributed by atoms with Crippen LogP contribution in [0.2, 0.25) is 0 Å². The summed E-state index contributed by atoms with van der Waals surface area (Å²) in [6.45, 7) is 0. The van der Waals surface area contributed by atoms with Crippen molar-refractivity contribution in [3.63, 3.8) is 0 Å². The fraction of sp³-hybridized carbons (Fsp3) is 0.467. The fourth-order valence-corrected chi connectivity index (χ4v) is 3.93. The molecule has 3 rings (SSSR count). The number of hydrogen-bond acceptors (Lipinski definition) is 2. The lowest BCUT2D eigenvalue weighted by Gasteiger charge is -2.31. The normalized spacial score (nSPS) is 26.9. The summed E-state index contributed by atoms with van der Waals surface area (Å²) in [4.78, 5) is 0.854. The number of allylic oxidation sites excluding steroid dienone is 1. The summed E-state index contributed by atoms with van der Waals surface area (Å²) in [6, 6.07) is 6.35. The standard InChI is InChI=1S/C15H18FNS/c16-13-8-4-7-12-14(9-10-18-15(12)13)17-11-5-2-1-3-6-11/h1-2,4,7-8,11,14,17H,3,5-6,9-10H2. The lowest BCUT2D eigenvalue weighted by atomic mass is 9.97. The van der Waals surface area contributed by atoms with Gasteiger partial charge in [-0.1, -0.05) is 24.3 Å². The predicted molar refractivity (Wildman–Crippen MR) is 74.4 cm³/mol. The lowest BCUT2D eigenvalue weighted by molar-refractivity contribution is 0.395. The third-order valence-corrected chi connectivity index (χ3v) is 4.89. The van der Waals surface area contributed by atoms with E-state index in [1.54, 1.807) is 17.8 Å². The van der Waals surface area contributed by atoms with E-state index in [0.717, 1.165) is 35.5 Å². The minimum Gasteiger partial charge on any atom is -0.307 e. The molecule has 0 saturated carbocycles. The Morgan fingerprint density at radius 1 is 1.22 bits per heavy atom. The van der Waals surface area contributed by atoms with Crippen LogP contribution in [-0.2, 0) is 0 Å². The highest BCUT2D eigenvalue weighted by atomic mass is 32.2. The summed E-state index contributed by atoms with van der Waals surface area (Å²) in [5.74, 6) is 0.946. The molecule has 1 aliphatic carbocycles. The highest BCUT2D eigenvalue weighted by Gasteiger charge is 2.25. The molecule has 2 atom stereocenters. The van der Waals surface area contributed by atoms with E-state index in [0.29, 0.717) is 12.1 Å². The zero-order valence-electron chi connectivity index (χ0n) is 10.4. The maximum absolute atomic E-state index is 13.8. The van der Waals surface area contributed by atoms with Gasteiger partial charge in [-0.15, -0.1) is 11.8 Å². The Balaban J connectivity index is 1.78. The molecule has 2 aliphatic rings. The average molecular weight is 263 g/mol. The average Bonchev–Trinajstić information content (AvgIpc) is 2.41. The number of halogens is 1. The molecule has 18 heavy (non-hydrogen) atoms. The molecule has 1 aliphatic heterocycles. The molecule has 1 heterocycles. The Labute approximate surface area is 112 Å². The third kappa shape index (κ3) is 2.47. The minimum atomic E-state index is -0.0625. The largest absolute Gasteiger partial charge is 0.307 e. The number of fused-ring (bicyclic) bond motifs is 1. The summed E-state index contributed by atoms with van der Waals surface area (Å²) < 4.78 is 13.8. The molecule has 0 aromatic heterocycles. The van der Waals surface area contributed by atoms with E-state index >= 15 is 0 Å². The molecule has 1 N–H and O–H groups in total. The molecule has 0 bridgehead atoms. The van der Waals surface area contributed by atoms with E-state index in [9.17, 15) is 4.39 Å². The van der Waals surface area contributed by atoms with E-state index in [2.05, 4.69) is 23.5 Å². The van der Waals surface area contributed by atoms with Crippen LogP contribution < -0.4 is 5.32 Å². The molecule has 3 heteroatoms. The van der Waals surface area contributed by atoms with Crippen molar-refractivity contribution >= 4 is 11.8 Å². The van der Waals surface area contributed by atoms with Gasteiger partial charge in [-0.3, -0.25) is 0 Å². The molecule has 1 aromatic carbocycles. The molecular weight excluding hydrogens is 245 g/mol. The monoisotopic (exact) mass is 263 g/mol. The van der Waals surface area contributed by atoms with Gasteiger partial charge < -0.3 is 5.32 Å². The first-order valence-electron chi connectivity index (χ1n) is 6.67. The molecule has 0 saturated heterocycles. The van der Waals surface area contributed by atoms with E-state index < -0.39 is 0 Å². The number of thioether (sulfide) groups is 1. The molecule has 1 nitrogen and oxygen atoms in total. The van der Waals surface area contributed by atoms with Gasteiger partial charge in [0.05, 0.1) is 0 Å². The van der Waals surface area contributed by atoms with Crippen LogP contribution in [0.25, 0.3) is 0 Å². The van der Waals surface area contributed by atoms with Gasteiger partial charge in [0.15, 0.2) is 0 Å². The van der Waals surface area contributed by atoms with Crippen molar-refractivity contribution in [1.29, 1.82) is 0 Å². The Bertz CT molecular complexity index is 458. The Hall–Kier alpha value is -0.800. The first-order valence-corrected chi connectivity index (χ1v) is 7.65. The molecule has 96 valence electrons. The molecule has 0 spiro atoms. The third-order valence-electron chi connectivity index (χ3n) is 3.73. The summed E-state index contributed by atoms with van der Waals surface area (Å²) in [6.07, 6.45) is 9.07. The summed E-state index contributed by atoms with van der Waals surface area (Å²) in [5.41, 5.74) is 1.15. The molecule has 2 unspecified atom stereocenters. The van der Waals surface area contributed by atoms with Gasteiger partial charge in [0.2, 0.25) is 0 Å². The van der Waals surface area contributed by atoms with E-state index in [4.69, 9.17) is 0 Å². The van der Waals surface area contributed by atoms with Gasteiger partial charge in [0, 0.05) is 17.0 Å². The maximum Gasteiger partial charge on any atom is 0.137 e. The van der Waals surface area contributed by atoms with E-state index in [-0.39, 0.29) is 5.82 Å². The molecule has 0 radical (unpaired) electrons. The van der Waals surface area contributed by atoms with E-state index in [1.165, 1.54) is 6.42 Å². The highest BCUT2D eigenvalue weighted by Crippen LogP contribution is 2.38. The Morgan fingerprint density at radius 2 is 2.17 bits per heavy atom. The number of hydrogen-bond donors (Lipinski definition) is 1. The van der Waals surface area contributed by atoms with Crippen LogP contribution in [0.4, 0.5) is 4.39 Å². The lowest BCUT2D eigenvalue weighted by Crippen LogP contribution is -2.35. The molecule has 0 amide bonds. The van der Waals surface area contributed by atoms with Crippen LogP contribution in [0.15, 0.2) is 35.2 Å². The Kier molecular flexibility index (Phi) is 3.71. The van der Waals surface area contributed by atoms with Crippen LogP contribution in [0.1, 0.15) is 37.3 Å². The molecule has 0 fully saturated rings. The second kappa shape index (κ2) is 5.45. The van der Waals surface area contributed by atoms with Gasteiger partial charge in [0.1, 0.15) is 5.82 Å². The predicted octanol–water partition coefficient (Wildman–Crippen LogP) is 4.06. The smallest absolute Gasteiger partial charge is 0.137 e. The van der Waals surface area contributed by atoms with Gasteiger partial charge >= 0.3 is 0 Å². The Morgan fingerprint density at radius 3 is 3.00 bits per heavy atom. The highest BCUT2D eigenvalue weighted by molar-refractivity contribution is 7.99. The molecular formula is C15H18FNS. The van der Waals surface area contributed by atoms with Gasteiger partial charge in [0.25, 0.3) is 0 Å². The van der Waals surface area contributed by atoms with Crippen molar-refractivity contribution in [2.75, 3.05) is 5.75 Å². The van der Waals surface area contributed by atoms with Crippen LogP contribution in [0.5, 0.6) is 0 Å². The van der Waals surface area contributed by atoms with Gasteiger partial charge in [-0.2, -0.15) is 0 Å². The number of benzene rings is 1. The molecule has 1 aromatic rings. The van der Waals surface area contributed by atoms with Crippen LogP contribution in [-0.4, -0.2) is 11.8 Å². The van der Waals surface area contributed by atoms with Crippen molar-refractivity contribution in [2.24, 2.45) is 0 Å². The SMILES string of the molecule is Fc1cccc2c1SCCC2NC1CC=CCC1. The second-order valence-corrected chi connectivity index (χ2v) is 6.10. The quantitative estimate of drug-likeness (QED) is 0.808. The van der Waals surface area contributed by atoms with Crippen molar-refractivity contribution in [2.45, 2.75) is 42.7 Å². The first-order chi connectivity index (χ1) is 8.84. The van der Waals surface area contributed by atoms with Crippen molar-refractivity contribution in [3.05, 3.63) is 41.7 Å². The summed E-state index contributed by atoms with van der Waals surface area (Å²) >= 11 is 1.65. The topological polar surface area (TPSA) is 12.0 Å². The van der Waals surface area contributed by atoms with Crippen LogP contribution in [0.3, 0.4) is 0 Å². The first kappa shape index (κ1) is 12.2. The summed E-state index contributed by atoms with van der Waals surface area (Å²) in [7, 11) is 0. The van der Waals surface area contributed by atoms with Crippen molar-refractivity contribution in [1.82, 2.24) is 5.32 Å². The summed E-state index contributed by atoms with van der Waals surface area (Å²) in [5, 5.41) is 3.71. The van der Waals surface area contributed by atoms with Gasteiger partial charge in [-0.25, -0.2) is 4.39 Å². The van der Waals surface area contributed by atoms with Crippen molar-refractivity contribution < 1.29 is 4.39 Å². The van der Waals surface area contributed by atoms with Crippen LogP contribution >= 0.6 is 11.8 Å².